The Morgan fingerprint density at radius 2 is 1.86 bits per heavy atom. The number of carbonyl (C=O) groups is 1. The number of halogens is 1. The maximum Gasteiger partial charge on any atom is 0.274 e. The van der Waals surface area contributed by atoms with Crippen molar-refractivity contribution < 1.29 is 4.79 Å². The summed E-state index contributed by atoms with van der Waals surface area (Å²) in [4.78, 5) is 20.7. The smallest absolute Gasteiger partial charge is 0.274 e. The van der Waals surface area contributed by atoms with E-state index in [1.54, 1.807) is 30.3 Å². The summed E-state index contributed by atoms with van der Waals surface area (Å²) >= 11 is 5.81. The molecule has 0 aliphatic rings. The average molecular weight is 305 g/mol. The molecule has 1 amide bonds. The number of aryl methyl sites for hydroxylation is 1. The van der Waals surface area contributed by atoms with Crippen molar-refractivity contribution in [3.8, 4) is 0 Å². The molecule has 0 unspecified atom stereocenters. The SMILES string of the molecule is Cc1cc(C(=O)Nc2ccc(Cl)cc2)nc(NC(C)C)n1. The van der Waals surface area contributed by atoms with E-state index in [2.05, 4.69) is 20.6 Å². The highest BCUT2D eigenvalue weighted by Crippen LogP contribution is 2.15. The van der Waals surface area contributed by atoms with Crippen LogP contribution in [0.2, 0.25) is 5.02 Å². The summed E-state index contributed by atoms with van der Waals surface area (Å²) in [5.74, 6) is 0.167. The maximum atomic E-state index is 12.2. The predicted octanol–water partition coefficient (Wildman–Crippen LogP) is 3.51. The highest BCUT2D eigenvalue weighted by Gasteiger charge is 2.11. The van der Waals surface area contributed by atoms with E-state index in [1.165, 1.54) is 0 Å². The zero-order valence-electron chi connectivity index (χ0n) is 12.1. The number of hydrogen-bond donors (Lipinski definition) is 2. The lowest BCUT2D eigenvalue weighted by Gasteiger charge is -2.10. The minimum atomic E-state index is -0.283. The van der Waals surface area contributed by atoms with Crippen LogP contribution in [-0.4, -0.2) is 21.9 Å². The number of benzene rings is 1. The van der Waals surface area contributed by atoms with Gasteiger partial charge in [-0.05, 0) is 51.1 Å². The molecular weight excluding hydrogens is 288 g/mol. The van der Waals surface area contributed by atoms with Gasteiger partial charge in [0.2, 0.25) is 5.95 Å². The first-order valence-corrected chi connectivity index (χ1v) is 7.01. The zero-order valence-corrected chi connectivity index (χ0v) is 12.9. The lowest BCUT2D eigenvalue weighted by atomic mass is 10.3. The van der Waals surface area contributed by atoms with Gasteiger partial charge in [0, 0.05) is 22.4 Å². The van der Waals surface area contributed by atoms with Gasteiger partial charge in [0.05, 0.1) is 0 Å². The fourth-order valence-electron chi connectivity index (χ4n) is 1.74. The molecule has 0 aliphatic heterocycles. The molecule has 1 aromatic carbocycles. The number of rotatable bonds is 4. The van der Waals surface area contributed by atoms with E-state index in [9.17, 15) is 4.79 Å². The van der Waals surface area contributed by atoms with Crippen molar-refractivity contribution in [1.29, 1.82) is 0 Å². The Balaban J connectivity index is 2.18. The monoisotopic (exact) mass is 304 g/mol. The zero-order chi connectivity index (χ0) is 15.4. The number of nitrogens with zero attached hydrogens (tertiary/aromatic N) is 2. The summed E-state index contributed by atoms with van der Waals surface area (Å²) in [6, 6.07) is 8.75. The van der Waals surface area contributed by atoms with Gasteiger partial charge >= 0.3 is 0 Å². The molecule has 0 radical (unpaired) electrons. The fourth-order valence-corrected chi connectivity index (χ4v) is 1.86. The fraction of sp³-hybridized carbons (Fsp3) is 0.267. The summed E-state index contributed by atoms with van der Waals surface area (Å²) in [6.45, 7) is 5.80. The van der Waals surface area contributed by atoms with Crippen LogP contribution in [0.25, 0.3) is 0 Å². The number of nitrogens with one attached hydrogen (secondary N) is 2. The second-order valence-corrected chi connectivity index (χ2v) is 5.41. The van der Waals surface area contributed by atoms with Crippen LogP contribution in [-0.2, 0) is 0 Å². The van der Waals surface area contributed by atoms with Crippen LogP contribution in [0.1, 0.15) is 30.0 Å². The van der Waals surface area contributed by atoms with Crippen molar-refractivity contribution >= 4 is 29.1 Å². The number of amides is 1. The molecule has 0 aliphatic carbocycles. The van der Waals surface area contributed by atoms with Gasteiger partial charge in [-0.1, -0.05) is 11.6 Å². The summed E-state index contributed by atoms with van der Waals surface area (Å²) in [5, 5.41) is 6.49. The third-order valence-electron chi connectivity index (χ3n) is 2.61. The van der Waals surface area contributed by atoms with E-state index >= 15 is 0 Å². The molecule has 21 heavy (non-hydrogen) atoms. The minimum Gasteiger partial charge on any atom is -0.352 e. The van der Waals surface area contributed by atoms with Crippen LogP contribution in [0, 0.1) is 6.92 Å². The highest BCUT2D eigenvalue weighted by atomic mass is 35.5. The van der Waals surface area contributed by atoms with E-state index < -0.39 is 0 Å². The van der Waals surface area contributed by atoms with Crippen LogP contribution in [0.15, 0.2) is 30.3 Å². The van der Waals surface area contributed by atoms with Gasteiger partial charge in [-0.25, -0.2) is 9.97 Å². The van der Waals surface area contributed by atoms with Crippen LogP contribution in [0.3, 0.4) is 0 Å². The molecule has 5 nitrogen and oxygen atoms in total. The normalized spacial score (nSPS) is 10.5. The Hall–Kier alpha value is -2.14. The number of anilines is 2. The van der Waals surface area contributed by atoms with Crippen LogP contribution in [0.4, 0.5) is 11.6 Å². The van der Waals surface area contributed by atoms with Gasteiger partial charge in [-0.3, -0.25) is 4.79 Å². The molecule has 0 bridgehead atoms. The number of aromatic nitrogens is 2. The molecule has 110 valence electrons. The summed E-state index contributed by atoms with van der Waals surface area (Å²) in [6.07, 6.45) is 0. The van der Waals surface area contributed by atoms with E-state index in [0.29, 0.717) is 22.4 Å². The predicted molar refractivity (Wildman–Crippen MR) is 84.9 cm³/mol. The highest BCUT2D eigenvalue weighted by molar-refractivity contribution is 6.30. The van der Waals surface area contributed by atoms with Gasteiger partial charge in [0.25, 0.3) is 5.91 Å². The van der Waals surface area contributed by atoms with Crippen molar-refractivity contribution in [2.45, 2.75) is 26.8 Å². The quantitative estimate of drug-likeness (QED) is 0.907. The van der Waals surface area contributed by atoms with Crippen molar-refractivity contribution in [3.63, 3.8) is 0 Å². The molecule has 6 heteroatoms. The Labute approximate surface area is 128 Å². The first-order chi connectivity index (χ1) is 9.94. The summed E-state index contributed by atoms with van der Waals surface area (Å²) in [7, 11) is 0. The lowest BCUT2D eigenvalue weighted by Crippen LogP contribution is -2.18. The van der Waals surface area contributed by atoms with Gasteiger partial charge in [0.15, 0.2) is 0 Å². The van der Waals surface area contributed by atoms with E-state index in [0.717, 1.165) is 5.69 Å². The molecule has 0 spiro atoms. The summed E-state index contributed by atoms with van der Waals surface area (Å²) in [5.41, 5.74) is 1.72. The molecule has 2 aromatic rings. The van der Waals surface area contributed by atoms with Crippen molar-refractivity contribution in [2.24, 2.45) is 0 Å². The first kappa shape index (κ1) is 15.3. The van der Waals surface area contributed by atoms with Crippen LogP contribution >= 0.6 is 11.6 Å². The van der Waals surface area contributed by atoms with E-state index in [4.69, 9.17) is 11.6 Å². The first-order valence-electron chi connectivity index (χ1n) is 6.63. The lowest BCUT2D eigenvalue weighted by molar-refractivity contribution is 0.102. The topological polar surface area (TPSA) is 66.9 Å². The molecule has 0 atom stereocenters. The van der Waals surface area contributed by atoms with Crippen molar-refractivity contribution in [2.75, 3.05) is 10.6 Å². The van der Waals surface area contributed by atoms with Gasteiger partial charge in [0.1, 0.15) is 5.69 Å². The Morgan fingerprint density at radius 3 is 2.48 bits per heavy atom. The van der Waals surface area contributed by atoms with Crippen LogP contribution < -0.4 is 10.6 Å². The van der Waals surface area contributed by atoms with Crippen molar-refractivity contribution in [1.82, 2.24) is 9.97 Å². The molecule has 2 N–H and O–H groups in total. The van der Waals surface area contributed by atoms with Crippen molar-refractivity contribution in [3.05, 3.63) is 46.7 Å². The standard InChI is InChI=1S/C15H17ClN4O/c1-9(2)17-15-18-10(3)8-13(20-15)14(21)19-12-6-4-11(16)5-7-12/h4-9H,1-3H3,(H,19,21)(H,17,18,20). The third-order valence-corrected chi connectivity index (χ3v) is 2.86. The average Bonchev–Trinajstić information content (AvgIpc) is 2.40. The third kappa shape index (κ3) is 4.43. The van der Waals surface area contributed by atoms with Gasteiger partial charge in [-0.15, -0.1) is 0 Å². The Bertz CT molecular complexity index is 641. The molecule has 1 aromatic heterocycles. The molecule has 2 rings (SSSR count). The molecule has 1 heterocycles. The summed E-state index contributed by atoms with van der Waals surface area (Å²) < 4.78 is 0. The van der Waals surface area contributed by atoms with E-state index in [1.807, 2.05) is 20.8 Å². The molecule has 0 fully saturated rings. The van der Waals surface area contributed by atoms with Crippen LogP contribution in [0.5, 0.6) is 0 Å². The molecular formula is C15H17ClN4O. The second kappa shape index (κ2) is 6.54. The van der Waals surface area contributed by atoms with Gasteiger partial charge < -0.3 is 10.6 Å². The number of hydrogen-bond acceptors (Lipinski definition) is 4. The van der Waals surface area contributed by atoms with Gasteiger partial charge in [-0.2, -0.15) is 0 Å². The molecule has 0 saturated carbocycles. The second-order valence-electron chi connectivity index (χ2n) is 4.98. The number of carbonyl (C=O) groups excluding carboxylic acids is 1. The Kier molecular flexibility index (Phi) is 4.75. The molecule has 0 saturated heterocycles. The van der Waals surface area contributed by atoms with E-state index in [-0.39, 0.29) is 11.9 Å². The maximum absolute atomic E-state index is 12.2. The minimum absolute atomic E-state index is 0.193. The Morgan fingerprint density at radius 1 is 1.19 bits per heavy atom. The largest absolute Gasteiger partial charge is 0.352 e.